The molecule has 0 fully saturated rings. The van der Waals surface area contributed by atoms with Gasteiger partial charge in [-0.05, 0) is 34.7 Å². The van der Waals surface area contributed by atoms with Gasteiger partial charge >= 0.3 is 0 Å². The van der Waals surface area contributed by atoms with Crippen molar-refractivity contribution in [3.05, 3.63) is 103 Å². The van der Waals surface area contributed by atoms with Crippen molar-refractivity contribution in [3.8, 4) is 28.7 Å². The molecule has 3 heteroatoms. The van der Waals surface area contributed by atoms with Crippen LogP contribution >= 0.6 is 0 Å². The van der Waals surface area contributed by atoms with Crippen LogP contribution < -0.4 is 10.1 Å². The van der Waals surface area contributed by atoms with Crippen molar-refractivity contribution in [1.82, 2.24) is 5.32 Å². The molecular weight excluding hydrogens is 370 g/mol. The van der Waals surface area contributed by atoms with Crippen molar-refractivity contribution in [3.63, 3.8) is 0 Å². The predicted molar refractivity (Wildman–Crippen MR) is 121 cm³/mol. The number of benzene rings is 4. The van der Waals surface area contributed by atoms with Gasteiger partial charge in [0.1, 0.15) is 12.4 Å². The monoisotopic (exact) mass is 391 g/mol. The molecule has 0 heterocycles. The third-order valence-electron chi connectivity index (χ3n) is 4.77. The number of carbonyl (C=O) groups is 1. The number of hydrogen-bond acceptors (Lipinski definition) is 2. The summed E-state index contributed by atoms with van der Waals surface area (Å²) in [5.41, 5.74) is 2.82. The Morgan fingerprint density at radius 2 is 1.43 bits per heavy atom. The second-order valence-corrected chi connectivity index (χ2v) is 6.75. The normalized spacial score (nSPS) is 10.1. The lowest BCUT2D eigenvalue weighted by molar-refractivity contribution is 0.0958. The highest BCUT2D eigenvalue weighted by Crippen LogP contribution is 2.24. The highest BCUT2D eigenvalue weighted by Gasteiger charge is 2.04. The fourth-order valence-electron chi connectivity index (χ4n) is 3.22. The van der Waals surface area contributed by atoms with E-state index < -0.39 is 0 Å². The van der Waals surface area contributed by atoms with Crippen molar-refractivity contribution >= 4 is 16.7 Å². The summed E-state index contributed by atoms with van der Waals surface area (Å²) in [5, 5.41) is 5.02. The van der Waals surface area contributed by atoms with E-state index in [0.29, 0.717) is 5.56 Å². The summed E-state index contributed by atoms with van der Waals surface area (Å²) in [7, 11) is 0. The highest BCUT2D eigenvalue weighted by atomic mass is 16.5. The van der Waals surface area contributed by atoms with E-state index in [1.54, 1.807) is 0 Å². The standard InChI is InChI=1S/C27H21NO2/c29-27(24-17-15-22(16-18-24)21-9-2-1-3-10-21)28-19-6-7-20-30-26-14-8-12-23-11-4-5-13-25(23)26/h1-5,8-18H,19-20H2,(H,28,29). The van der Waals surface area contributed by atoms with Crippen LogP contribution in [-0.2, 0) is 0 Å². The minimum Gasteiger partial charge on any atom is -0.480 e. The molecule has 4 aromatic carbocycles. The molecule has 0 unspecified atom stereocenters. The van der Waals surface area contributed by atoms with Crippen LogP contribution in [0.1, 0.15) is 10.4 Å². The molecule has 0 radical (unpaired) electrons. The van der Waals surface area contributed by atoms with Crippen molar-refractivity contribution in [2.45, 2.75) is 0 Å². The topological polar surface area (TPSA) is 38.3 Å². The zero-order chi connectivity index (χ0) is 20.6. The van der Waals surface area contributed by atoms with Crippen LogP contribution in [-0.4, -0.2) is 19.1 Å². The molecule has 146 valence electrons. The van der Waals surface area contributed by atoms with Crippen LogP contribution in [0, 0.1) is 11.8 Å². The summed E-state index contributed by atoms with van der Waals surface area (Å²) in [5.74, 6) is 6.55. The molecule has 1 N–H and O–H groups in total. The first-order chi connectivity index (χ1) is 14.8. The van der Waals surface area contributed by atoms with Crippen LogP contribution in [0.4, 0.5) is 0 Å². The van der Waals surface area contributed by atoms with E-state index >= 15 is 0 Å². The zero-order valence-corrected chi connectivity index (χ0v) is 16.5. The van der Waals surface area contributed by atoms with Gasteiger partial charge in [0, 0.05) is 10.9 Å². The SMILES string of the molecule is O=C(NCC#CCOc1cccc2ccccc12)c1ccc(-c2ccccc2)cc1. The molecule has 3 nitrogen and oxygen atoms in total. The largest absolute Gasteiger partial charge is 0.480 e. The lowest BCUT2D eigenvalue weighted by atomic mass is 10.0. The van der Waals surface area contributed by atoms with Crippen molar-refractivity contribution in [2.75, 3.05) is 13.2 Å². The lowest BCUT2D eigenvalue weighted by Crippen LogP contribution is -2.23. The predicted octanol–water partition coefficient (Wildman–Crippen LogP) is 5.32. The van der Waals surface area contributed by atoms with Gasteiger partial charge in [-0.25, -0.2) is 0 Å². The van der Waals surface area contributed by atoms with E-state index in [4.69, 9.17) is 4.74 Å². The fraction of sp³-hybridized carbons (Fsp3) is 0.0741. The van der Waals surface area contributed by atoms with Gasteiger partial charge in [-0.2, -0.15) is 0 Å². The maximum Gasteiger partial charge on any atom is 0.252 e. The molecule has 4 rings (SSSR count). The van der Waals surface area contributed by atoms with Gasteiger partial charge in [-0.15, -0.1) is 0 Å². The van der Waals surface area contributed by atoms with Gasteiger partial charge in [-0.3, -0.25) is 4.79 Å². The zero-order valence-electron chi connectivity index (χ0n) is 16.5. The molecule has 1 amide bonds. The highest BCUT2D eigenvalue weighted by molar-refractivity contribution is 5.94. The Bertz CT molecular complexity index is 1200. The Morgan fingerprint density at radius 3 is 2.27 bits per heavy atom. The summed E-state index contributed by atoms with van der Waals surface area (Å²) in [6.45, 7) is 0.549. The van der Waals surface area contributed by atoms with Gasteiger partial charge < -0.3 is 10.1 Å². The third-order valence-corrected chi connectivity index (χ3v) is 4.77. The van der Waals surface area contributed by atoms with Crippen molar-refractivity contribution in [1.29, 1.82) is 0 Å². The molecule has 0 aliphatic heterocycles. The van der Waals surface area contributed by atoms with E-state index in [0.717, 1.165) is 27.6 Å². The number of ether oxygens (including phenoxy) is 1. The molecule has 0 saturated heterocycles. The van der Waals surface area contributed by atoms with Crippen molar-refractivity contribution < 1.29 is 9.53 Å². The smallest absolute Gasteiger partial charge is 0.252 e. The Balaban J connectivity index is 1.27. The fourth-order valence-corrected chi connectivity index (χ4v) is 3.22. The summed E-state index contributed by atoms with van der Waals surface area (Å²) >= 11 is 0. The Morgan fingerprint density at radius 1 is 0.733 bits per heavy atom. The van der Waals surface area contributed by atoms with E-state index in [2.05, 4.69) is 29.3 Å². The molecule has 0 aliphatic carbocycles. The molecule has 0 atom stereocenters. The molecule has 0 aromatic heterocycles. The summed E-state index contributed by atoms with van der Waals surface area (Å²) in [4.78, 5) is 12.3. The van der Waals surface area contributed by atoms with E-state index in [-0.39, 0.29) is 19.1 Å². The second-order valence-electron chi connectivity index (χ2n) is 6.75. The second kappa shape index (κ2) is 9.45. The van der Waals surface area contributed by atoms with Gasteiger partial charge in [0.15, 0.2) is 0 Å². The summed E-state index contributed by atoms with van der Waals surface area (Å²) in [6.07, 6.45) is 0. The van der Waals surface area contributed by atoms with Crippen molar-refractivity contribution in [2.24, 2.45) is 0 Å². The average molecular weight is 391 g/mol. The van der Waals surface area contributed by atoms with Crippen LogP contribution in [0.2, 0.25) is 0 Å². The molecule has 30 heavy (non-hydrogen) atoms. The molecule has 4 aromatic rings. The number of nitrogens with one attached hydrogen (secondary N) is 1. The number of fused-ring (bicyclic) bond motifs is 1. The van der Waals surface area contributed by atoms with Crippen LogP contribution in [0.5, 0.6) is 5.75 Å². The maximum atomic E-state index is 12.3. The third kappa shape index (κ3) is 4.68. The molecule has 0 bridgehead atoms. The average Bonchev–Trinajstić information content (AvgIpc) is 2.82. The molecule has 0 spiro atoms. The van der Waals surface area contributed by atoms with Gasteiger partial charge in [0.2, 0.25) is 0 Å². The minimum absolute atomic E-state index is 0.140. The number of rotatable bonds is 5. The minimum atomic E-state index is -0.140. The first kappa shape index (κ1) is 19.3. The summed E-state index contributed by atoms with van der Waals surface area (Å²) in [6, 6.07) is 31.7. The van der Waals surface area contributed by atoms with E-state index in [1.807, 2.05) is 84.9 Å². The van der Waals surface area contributed by atoms with Gasteiger partial charge in [0.05, 0.1) is 6.54 Å². The molecule has 0 saturated carbocycles. The van der Waals surface area contributed by atoms with Gasteiger partial charge in [0.25, 0.3) is 5.91 Å². The number of amides is 1. The van der Waals surface area contributed by atoms with E-state index in [9.17, 15) is 4.79 Å². The summed E-state index contributed by atoms with van der Waals surface area (Å²) < 4.78 is 5.78. The molecule has 0 aliphatic rings. The van der Waals surface area contributed by atoms with E-state index in [1.165, 1.54) is 0 Å². The quantitative estimate of drug-likeness (QED) is 0.468. The lowest BCUT2D eigenvalue weighted by Gasteiger charge is -2.06. The Kier molecular flexibility index (Phi) is 6.08. The van der Waals surface area contributed by atoms with Crippen LogP contribution in [0.15, 0.2) is 97.1 Å². The first-order valence-electron chi connectivity index (χ1n) is 9.81. The number of hydrogen-bond donors (Lipinski definition) is 1. The molecular formula is C27H21NO2. The van der Waals surface area contributed by atoms with Crippen LogP contribution in [0.3, 0.4) is 0 Å². The number of carbonyl (C=O) groups excluding carboxylic acids is 1. The van der Waals surface area contributed by atoms with Crippen LogP contribution in [0.25, 0.3) is 21.9 Å². The Hall–Kier alpha value is -4.03. The maximum absolute atomic E-state index is 12.3. The Labute approximate surface area is 176 Å². The van der Waals surface area contributed by atoms with Gasteiger partial charge in [-0.1, -0.05) is 90.7 Å². The first-order valence-corrected chi connectivity index (χ1v) is 9.81.